The van der Waals surface area contributed by atoms with Gasteiger partial charge in [-0.2, -0.15) is 0 Å². The monoisotopic (exact) mass is 172 g/mol. The highest BCUT2D eigenvalue weighted by atomic mass is 32.1. The normalized spacial score (nSPS) is 8.27. The van der Waals surface area contributed by atoms with Crippen molar-refractivity contribution in [3.05, 3.63) is 16.1 Å². The molecule has 0 spiro atoms. The molecule has 4 heteroatoms. The molecule has 0 aliphatic carbocycles. The van der Waals surface area contributed by atoms with Crippen molar-refractivity contribution >= 4 is 17.2 Å². The SMILES string of the molecule is CC.Cc1nc(C(N)=O)cs1. The summed E-state index contributed by atoms with van der Waals surface area (Å²) in [7, 11) is 0. The minimum atomic E-state index is -0.459. The van der Waals surface area contributed by atoms with Crippen LogP contribution in [-0.4, -0.2) is 10.9 Å². The first-order chi connectivity index (χ1) is 5.20. The molecule has 11 heavy (non-hydrogen) atoms. The number of nitrogens with zero attached hydrogens (tertiary/aromatic N) is 1. The molecule has 1 amide bonds. The molecule has 1 heterocycles. The van der Waals surface area contributed by atoms with Gasteiger partial charge in [0.15, 0.2) is 0 Å². The van der Waals surface area contributed by atoms with Gasteiger partial charge in [-0.15, -0.1) is 11.3 Å². The van der Waals surface area contributed by atoms with Crippen molar-refractivity contribution < 1.29 is 4.79 Å². The molecule has 1 rings (SSSR count). The van der Waals surface area contributed by atoms with Crippen LogP contribution >= 0.6 is 11.3 Å². The van der Waals surface area contributed by atoms with Gasteiger partial charge < -0.3 is 5.73 Å². The lowest BCUT2D eigenvalue weighted by atomic mass is 10.5. The van der Waals surface area contributed by atoms with Gasteiger partial charge in [-0.25, -0.2) is 4.98 Å². The van der Waals surface area contributed by atoms with Gasteiger partial charge in [-0.3, -0.25) is 4.79 Å². The van der Waals surface area contributed by atoms with Crippen molar-refractivity contribution in [2.75, 3.05) is 0 Å². The summed E-state index contributed by atoms with van der Waals surface area (Å²) in [6, 6.07) is 0. The average Bonchev–Trinajstić information content (AvgIpc) is 2.40. The summed E-state index contributed by atoms with van der Waals surface area (Å²) in [6.07, 6.45) is 0. The summed E-state index contributed by atoms with van der Waals surface area (Å²) < 4.78 is 0. The topological polar surface area (TPSA) is 56.0 Å². The fourth-order valence-electron chi connectivity index (χ4n) is 0.477. The van der Waals surface area contributed by atoms with Crippen molar-refractivity contribution in [2.45, 2.75) is 20.8 Å². The summed E-state index contributed by atoms with van der Waals surface area (Å²) in [6.45, 7) is 5.83. The Bertz CT molecular complexity index is 232. The third kappa shape index (κ3) is 3.13. The first kappa shape index (κ1) is 10.1. The van der Waals surface area contributed by atoms with E-state index in [1.165, 1.54) is 11.3 Å². The molecule has 0 aliphatic heterocycles. The summed E-state index contributed by atoms with van der Waals surface area (Å²) in [4.78, 5) is 14.2. The highest BCUT2D eigenvalue weighted by Crippen LogP contribution is 2.06. The van der Waals surface area contributed by atoms with Gasteiger partial charge in [0.1, 0.15) is 5.69 Å². The fourth-order valence-corrected chi connectivity index (χ4v) is 1.08. The summed E-state index contributed by atoms with van der Waals surface area (Å²) >= 11 is 1.42. The van der Waals surface area contributed by atoms with Gasteiger partial charge in [0, 0.05) is 5.38 Å². The number of aryl methyl sites for hydroxylation is 1. The molecule has 0 fully saturated rings. The Labute approximate surface area is 70.3 Å². The van der Waals surface area contributed by atoms with E-state index in [0.717, 1.165) is 5.01 Å². The van der Waals surface area contributed by atoms with Gasteiger partial charge >= 0.3 is 0 Å². The third-order valence-corrected chi connectivity index (χ3v) is 1.64. The Kier molecular flexibility index (Phi) is 4.45. The minimum Gasteiger partial charge on any atom is -0.364 e. The lowest BCUT2D eigenvalue weighted by Gasteiger charge is -1.80. The number of thiazole rings is 1. The van der Waals surface area contributed by atoms with E-state index in [4.69, 9.17) is 5.73 Å². The van der Waals surface area contributed by atoms with E-state index in [1.54, 1.807) is 5.38 Å². The maximum absolute atomic E-state index is 10.4. The Morgan fingerprint density at radius 2 is 2.18 bits per heavy atom. The Morgan fingerprint density at radius 1 is 1.64 bits per heavy atom. The number of rotatable bonds is 1. The zero-order chi connectivity index (χ0) is 8.85. The third-order valence-electron chi connectivity index (χ3n) is 0.871. The molecule has 0 saturated carbocycles. The first-order valence-corrected chi connectivity index (χ1v) is 4.30. The standard InChI is InChI=1S/C5H6N2OS.C2H6/c1-3-7-4(2-9-3)5(6)8;1-2/h2H,1H3,(H2,6,8);1-2H3. The maximum Gasteiger partial charge on any atom is 0.268 e. The molecule has 1 aromatic heterocycles. The van der Waals surface area contributed by atoms with Crippen molar-refractivity contribution in [3.8, 4) is 0 Å². The highest BCUT2D eigenvalue weighted by molar-refractivity contribution is 7.09. The molecular weight excluding hydrogens is 160 g/mol. The smallest absolute Gasteiger partial charge is 0.268 e. The Morgan fingerprint density at radius 3 is 2.36 bits per heavy atom. The predicted octanol–water partition coefficient (Wildman–Crippen LogP) is 1.58. The van der Waals surface area contributed by atoms with Crippen molar-refractivity contribution in [2.24, 2.45) is 5.73 Å². The Balaban J connectivity index is 0.000000461. The Hall–Kier alpha value is -0.900. The number of amides is 1. The molecule has 0 bridgehead atoms. The van der Waals surface area contributed by atoms with Crippen LogP contribution in [0.15, 0.2) is 5.38 Å². The van der Waals surface area contributed by atoms with Crippen molar-refractivity contribution in [1.29, 1.82) is 0 Å². The van der Waals surface area contributed by atoms with Gasteiger partial charge in [0.05, 0.1) is 5.01 Å². The minimum absolute atomic E-state index is 0.359. The molecule has 0 unspecified atom stereocenters. The van der Waals surface area contributed by atoms with E-state index in [1.807, 2.05) is 20.8 Å². The number of aromatic nitrogens is 1. The molecule has 0 saturated heterocycles. The van der Waals surface area contributed by atoms with Crippen LogP contribution in [0.4, 0.5) is 0 Å². The van der Waals surface area contributed by atoms with E-state index >= 15 is 0 Å². The number of nitrogens with two attached hydrogens (primary N) is 1. The molecule has 0 radical (unpaired) electrons. The largest absolute Gasteiger partial charge is 0.364 e. The second-order valence-corrected chi connectivity index (χ2v) is 2.68. The van der Waals surface area contributed by atoms with E-state index in [2.05, 4.69) is 4.98 Å². The van der Waals surface area contributed by atoms with Gasteiger partial charge in [-0.1, -0.05) is 13.8 Å². The number of carbonyl (C=O) groups excluding carboxylic acids is 1. The maximum atomic E-state index is 10.4. The zero-order valence-corrected chi connectivity index (χ0v) is 7.73. The molecule has 62 valence electrons. The second kappa shape index (κ2) is 4.85. The van der Waals surface area contributed by atoms with Crippen LogP contribution in [0, 0.1) is 6.92 Å². The molecule has 0 atom stereocenters. The summed E-state index contributed by atoms with van der Waals surface area (Å²) in [5.41, 5.74) is 5.29. The average molecular weight is 172 g/mol. The number of carbonyl (C=O) groups is 1. The number of primary amides is 1. The van der Waals surface area contributed by atoms with E-state index in [-0.39, 0.29) is 0 Å². The summed E-state index contributed by atoms with van der Waals surface area (Å²) in [5, 5.41) is 2.52. The van der Waals surface area contributed by atoms with Crippen LogP contribution in [0.1, 0.15) is 29.3 Å². The summed E-state index contributed by atoms with van der Waals surface area (Å²) in [5.74, 6) is -0.459. The van der Waals surface area contributed by atoms with Crippen LogP contribution in [0.5, 0.6) is 0 Å². The van der Waals surface area contributed by atoms with Crippen molar-refractivity contribution in [3.63, 3.8) is 0 Å². The van der Waals surface area contributed by atoms with Gasteiger partial charge in [0.25, 0.3) is 5.91 Å². The van der Waals surface area contributed by atoms with Crippen LogP contribution in [0.3, 0.4) is 0 Å². The quantitative estimate of drug-likeness (QED) is 0.699. The second-order valence-electron chi connectivity index (χ2n) is 1.62. The van der Waals surface area contributed by atoms with Crippen molar-refractivity contribution in [1.82, 2.24) is 4.98 Å². The molecular formula is C7H12N2OS. The number of hydrogen-bond donors (Lipinski definition) is 1. The molecule has 3 nitrogen and oxygen atoms in total. The van der Waals surface area contributed by atoms with E-state index in [0.29, 0.717) is 5.69 Å². The van der Waals surface area contributed by atoms with E-state index < -0.39 is 5.91 Å². The van der Waals surface area contributed by atoms with Gasteiger partial charge in [-0.05, 0) is 6.92 Å². The lowest BCUT2D eigenvalue weighted by Crippen LogP contribution is -2.10. The highest BCUT2D eigenvalue weighted by Gasteiger charge is 2.01. The van der Waals surface area contributed by atoms with Crippen LogP contribution < -0.4 is 5.73 Å². The molecule has 1 aromatic rings. The molecule has 2 N–H and O–H groups in total. The number of hydrogen-bond acceptors (Lipinski definition) is 3. The zero-order valence-electron chi connectivity index (χ0n) is 6.92. The van der Waals surface area contributed by atoms with Gasteiger partial charge in [0.2, 0.25) is 0 Å². The molecule has 0 aliphatic rings. The first-order valence-electron chi connectivity index (χ1n) is 3.42. The van der Waals surface area contributed by atoms with Crippen LogP contribution in [-0.2, 0) is 0 Å². The lowest BCUT2D eigenvalue weighted by molar-refractivity contribution is 0.0996. The van der Waals surface area contributed by atoms with E-state index in [9.17, 15) is 4.79 Å². The fraction of sp³-hybridized carbons (Fsp3) is 0.429. The van der Waals surface area contributed by atoms with Crippen LogP contribution in [0.2, 0.25) is 0 Å². The van der Waals surface area contributed by atoms with Crippen LogP contribution in [0.25, 0.3) is 0 Å². The molecule has 0 aromatic carbocycles. The predicted molar refractivity (Wildman–Crippen MR) is 46.7 cm³/mol.